The molecule has 0 spiro atoms. The number of primary amides is 2. The van der Waals surface area contributed by atoms with E-state index in [0.29, 0.717) is 34.7 Å². The Morgan fingerprint density at radius 1 is 0.614 bits per heavy atom. The van der Waals surface area contributed by atoms with Gasteiger partial charge in [0.15, 0.2) is 0 Å². The van der Waals surface area contributed by atoms with Crippen LogP contribution >= 0.6 is 12.0 Å². The van der Waals surface area contributed by atoms with Crippen LogP contribution in [0.1, 0.15) is 24.0 Å². The molecule has 4 aromatic carbocycles. The van der Waals surface area contributed by atoms with E-state index in [2.05, 4.69) is 60.5 Å². The summed E-state index contributed by atoms with van der Waals surface area (Å²) in [5.74, 6) is -0.832. The molecule has 70 heavy (non-hydrogen) atoms. The molecule has 0 aliphatic heterocycles. The summed E-state index contributed by atoms with van der Waals surface area (Å²) in [4.78, 5) is 52.8. The normalized spacial score (nSPS) is 11.0. The Labute approximate surface area is 450 Å². The van der Waals surface area contributed by atoms with Gasteiger partial charge in [-0.1, -0.05) is 60.7 Å². The Kier molecular flexibility index (Phi) is 23.1. The number of hydrogen-bond acceptors (Lipinski definition) is 23. The molecule has 0 bridgehead atoms. The molecule has 2 aromatic heterocycles. The molecular weight excluding hydrogens is 971 g/mol. The zero-order valence-electron chi connectivity index (χ0n) is 37.8. The van der Waals surface area contributed by atoms with Gasteiger partial charge >= 0.3 is 59.1 Å². The van der Waals surface area contributed by atoms with E-state index in [4.69, 9.17) is 11.5 Å². The predicted molar refractivity (Wildman–Crippen MR) is 250 cm³/mol. The number of hydrogen-bond donors (Lipinski definition) is 8. The number of nitrogens with two attached hydrogens (primary N) is 2. The second kappa shape index (κ2) is 28.3. The van der Waals surface area contributed by atoms with Crippen LogP contribution < -0.4 is 107 Å². The van der Waals surface area contributed by atoms with Gasteiger partial charge in [0.2, 0.25) is 47.5 Å². The molecule has 0 unspecified atom stereocenters. The first-order valence-electron chi connectivity index (χ1n) is 20.3. The van der Waals surface area contributed by atoms with Crippen LogP contribution in [0.5, 0.6) is 0 Å². The van der Waals surface area contributed by atoms with Crippen molar-refractivity contribution < 1.29 is 107 Å². The van der Waals surface area contributed by atoms with Crippen LogP contribution in [0.4, 0.5) is 58.4 Å². The van der Waals surface area contributed by atoms with Gasteiger partial charge in [0.25, 0.3) is 0 Å². The van der Waals surface area contributed by atoms with Crippen LogP contribution in [0.2, 0.25) is 0 Å². The van der Waals surface area contributed by atoms with Crippen molar-refractivity contribution in [1.82, 2.24) is 29.9 Å². The minimum atomic E-state index is -5.11. The minimum absolute atomic E-state index is 0. The molecule has 2 amide bonds. The summed E-state index contributed by atoms with van der Waals surface area (Å²) in [5, 5.41) is 46.2. The Morgan fingerprint density at radius 3 is 1.44 bits per heavy atom. The molecule has 0 saturated carbocycles. The zero-order chi connectivity index (χ0) is 48.5. The SMILES string of the molecule is NC(=O)CCN(CCO)c1nc(Nc2ccccc2)nc(Nc2ccc(/C=C/c3ccc(Nc4nc(Nc5ccccc5)nc(N(CCO)CCC(N)=O)n4)cc3S(=O)(=O)[O-])c(SOO[O-])c2)n1.[Na+].[Na+]. The van der Waals surface area contributed by atoms with Crippen LogP contribution in [0.3, 0.4) is 0 Å². The van der Waals surface area contributed by atoms with Crippen molar-refractivity contribution in [3.05, 3.63) is 108 Å². The van der Waals surface area contributed by atoms with Crippen LogP contribution in [-0.4, -0.2) is 104 Å². The maximum absolute atomic E-state index is 12.7. The number of anilines is 10. The molecule has 6 aromatic rings. The van der Waals surface area contributed by atoms with E-state index >= 15 is 0 Å². The largest absolute Gasteiger partial charge is 1.00 e. The number of aliphatic hydroxyl groups is 2. The third-order valence-electron chi connectivity index (χ3n) is 9.27. The monoisotopic (exact) mass is 1010 g/mol. The van der Waals surface area contributed by atoms with Crippen molar-refractivity contribution in [2.24, 2.45) is 11.5 Å². The minimum Gasteiger partial charge on any atom is -0.744 e. The molecule has 24 nitrogen and oxygen atoms in total. The topological polar surface area (TPSA) is 357 Å². The molecule has 0 aliphatic rings. The maximum atomic E-state index is 12.7. The van der Waals surface area contributed by atoms with Gasteiger partial charge in [-0.05, 0) is 59.7 Å². The first-order valence-corrected chi connectivity index (χ1v) is 22.5. The summed E-state index contributed by atoms with van der Waals surface area (Å²) in [7, 11) is -5.11. The molecule has 28 heteroatoms. The average Bonchev–Trinajstić information content (AvgIpc) is 3.31. The summed E-state index contributed by atoms with van der Waals surface area (Å²) in [6, 6.07) is 26.7. The quantitative estimate of drug-likeness (QED) is 0.00659. The molecule has 0 saturated heterocycles. The number of aromatic nitrogens is 6. The molecule has 0 radical (unpaired) electrons. The van der Waals surface area contributed by atoms with E-state index in [0.717, 1.165) is 6.07 Å². The number of para-hydroxylation sites is 2. The predicted octanol–water partition coefficient (Wildman–Crippen LogP) is -3.31. The first kappa shape index (κ1) is 57.0. The molecular formula is C42H44N14Na2O10S2. The van der Waals surface area contributed by atoms with Crippen molar-refractivity contribution in [2.45, 2.75) is 22.6 Å². The van der Waals surface area contributed by atoms with Crippen molar-refractivity contribution >= 4 is 105 Å². The number of aliphatic hydroxyl groups excluding tert-OH is 2. The van der Waals surface area contributed by atoms with Gasteiger partial charge in [-0.2, -0.15) is 34.2 Å². The maximum Gasteiger partial charge on any atom is 1.00 e. The van der Waals surface area contributed by atoms with Crippen molar-refractivity contribution in [2.75, 3.05) is 70.5 Å². The van der Waals surface area contributed by atoms with Crippen LogP contribution in [-0.2, 0) is 29.1 Å². The standard InChI is InChI=1S/C42H46N14O10S2.2Na/c43-35(59)17-19-55(21-23-57)41-51-37(45-29-7-3-1-4-8-29)49-39(53-41)47-31-15-13-27(33(25-31)67-66-65-61)11-12-28-14-16-32(26-34(28)68(62,63)64)48-40-50-38(46-30-9-5-2-6-10-30)52-42(54-40)56(22-24-58)20-18-36(44)60;;/h1-16,25-26,57-58,61H,17-24H2,(H2,43,59)(H2,44,60)(H,62,63,64)(H2,45,47,49,51,53)(H2,46,48,50,52,54);;/q;2*+1/p-2/b12-11+;;. The molecule has 10 N–H and O–H groups in total. The third-order valence-corrected chi connectivity index (χ3v) is 10.8. The number of rotatable bonds is 26. The number of carbonyl (C=O) groups excluding carboxylic acids is 2. The van der Waals surface area contributed by atoms with E-state index in [1.54, 1.807) is 59.5 Å². The molecule has 0 aliphatic carbocycles. The third kappa shape index (κ3) is 17.7. The molecule has 356 valence electrons. The zero-order valence-corrected chi connectivity index (χ0v) is 43.4. The Bertz CT molecular complexity index is 2810. The smallest absolute Gasteiger partial charge is 0.744 e. The summed E-state index contributed by atoms with van der Waals surface area (Å²) >= 11 is 0.536. The molecule has 0 fully saturated rings. The average molecular weight is 1020 g/mol. The fourth-order valence-corrected chi connectivity index (χ4v) is 7.37. The van der Waals surface area contributed by atoms with E-state index in [1.807, 2.05) is 24.3 Å². The fourth-order valence-electron chi connectivity index (χ4n) is 6.17. The number of nitrogens with zero attached hydrogens (tertiary/aromatic N) is 8. The summed E-state index contributed by atoms with van der Waals surface area (Å²) in [6.45, 7) is -0.304. The molecule has 2 heterocycles. The van der Waals surface area contributed by atoms with Crippen molar-refractivity contribution in [3.8, 4) is 0 Å². The number of benzene rings is 4. The van der Waals surface area contributed by atoms with Gasteiger partial charge < -0.3 is 62.6 Å². The second-order valence-electron chi connectivity index (χ2n) is 14.2. The number of carbonyl (C=O) groups is 2. The van der Waals surface area contributed by atoms with E-state index in [-0.39, 0.29) is 163 Å². The Morgan fingerprint density at radius 2 is 1.03 bits per heavy atom. The van der Waals surface area contributed by atoms with Gasteiger partial charge in [0, 0.05) is 66.7 Å². The van der Waals surface area contributed by atoms with E-state index in [1.165, 1.54) is 29.2 Å². The van der Waals surface area contributed by atoms with Crippen LogP contribution in [0, 0.1) is 0 Å². The summed E-state index contributed by atoms with van der Waals surface area (Å²) in [5.41, 5.74) is 12.9. The van der Waals surface area contributed by atoms with E-state index < -0.39 is 26.8 Å². The van der Waals surface area contributed by atoms with Gasteiger partial charge in [-0.25, -0.2) is 8.42 Å². The number of nitrogens with one attached hydrogen (secondary N) is 4. The summed E-state index contributed by atoms with van der Waals surface area (Å²) in [6.07, 6.45) is 2.74. The van der Waals surface area contributed by atoms with Gasteiger partial charge in [-0.15, -0.1) is 0 Å². The van der Waals surface area contributed by atoms with Gasteiger partial charge in [0.05, 0.1) is 30.2 Å². The van der Waals surface area contributed by atoms with Crippen molar-refractivity contribution in [1.29, 1.82) is 0 Å². The Hall–Kier alpha value is -5.56. The molecule has 0 atom stereocenters. The number of amides is 2. The fraction of sp³-hybridized carbons (Fsp3) is 0.190. The van der Waals surface area contributed by atoms with Gasteiger partial charge in [0.1, 0.15) is 10.1 Å². The van der Waals surface area contributed by atoms with Crippen molar-refractivity contribution in [3.63, 3.8) is 0 Å². The Balaban J connectivity index is 0.00000533. The van der Waals surface area contributed by atoms with Crippen LogP contribution in [0.25, 0.3) is 12.2 Å². The second-order valence-corrected chi connectivity index (χ2v) is 16.3. The first-order chi connectivity index (χ1) is 32.8. The van der Waals surface area contributed by atoms with Gasteiger partial charge in [-0.3, -0.25) is 14.6 Å². The summed E-state index contributed by atoms with van der Waals surface area (Å²) < 4.78 is 42.8. The molecule has 6 rings (SSSR count). The van der Waals surface area contributed by atoms with Crippen LogP contribution in [0.15, 0.2) is 107 Å². The van der Waals surface area contributed by atoms with E-state index in [9.17, 15) is 38.0 Å².